The van der Waals surface area contributed by atoms with Gasteiger partial charge in [0.25, 0.3) is 0 Å². The zero-order chi connectivity index (χ0) is 13.1. The van der Waals surface area contributed by atoms with Gasteiger partial charge in [0, 0.05) is 36.1 Å². The molecule has 0 aromatic rings. The first kappa shape index (κ1) is 14.2. The molecule has 0 aromatic carbocycles. The first-order valence-electron chi connectivity index (χ1n) is 7.21. The number of nitrogens with zero attached hydrogens (tertiary/aromatic N) is 1. The Bertz CT molecular complexity index is 296. The zero-order valence-electron chi connectivity index (χ0n) is 11.8. The SMILES string of the molecule is CC(C)C1CN(C(=O)[C@H]2CCN[C@@H](C)C2)CCS1. The largest absolute Gasteiger partial charge is 0.341 e. The summed E-state index contributed by atoms with van der Waals surface area (Å²) in [4.78, 5) is 14.7. The monoisotopic (exact) mass is 270 g/mol. The van der Waals surface area contributed by atoms with E-state index in [9.17, 15) is 4.79 Å². The highest BCUT2D eigenvalue weighted by molar-refractivity contribution is 8.00. The molecule has 1 unspecified atom stereocenters. The van der Waals surface area contributed by atoms with E-state index in [2.05, 4.69) is 31.0 Å². The summed E-state index contributed by atoms with van der Waals surface area (Å²) >= 11 is 2.03. The van der Waals surface area contributed by atoms with Gasteiger partial charge >= 0.3 is 0 Å². The summed E-state index contributed by atoms with van der Waals surface area (Å²) in [5, 5.41) is 4.05. The Balaban J connectivity index is 1.91. The molecular formula is C14H26N2OS. The van der Waals surface area contributed by atoms with E-state index in [0.29, 0.717) is 23.1 Å². The van der Waals surface area contributed by atoms with Crippen LogP contribution in [0.15, 0.2) is 0 Å². The van der Waals surface area contributed by atoms with Crippen LogP contribution in [-0.4, -0.2) is 47.5 Å². The van der Waals surface area contributed by atoms with Crippen LogP contribution in [0.2, 0.25) is 0 Å². The van der Waals surface area contributed by atoms with Crippen molar-refractivity contribution >= 4 is 17.7 Å². The standard InChI is InChI=1S/C14H26N2OS/c1-10(2)13-9-16(6-7-18-13)14(17)12-4-5-15-11(3)8-12/h10-13,15H,4-9H2,1-3H3/t11-,12-,13?/m0/s1. The lowest BCUT2D eigenvalue weighted by atomic mass is 9.91. The van der Waals surface area contributed by atoms with Crippen LogP contribution >= 0.6 is 11.8 Å². The summed E-state index contributed by atoms with van der Waals surface area (Å²) in [6.07, 6.45) is 2.02. The number of carbonyl (C=O) groups is 1. The number of hydrogen-bond acceptors (Lipinski definition) is 3. The van der Waals surface area contributed by atoms with Gasteiger partial charge in [-0.05, 0) is 32.2 Å². The number of nitrogens with one attached hydrogen (secondary N) is 1. The highest BCUT2D eigenvalue weighted by atomic mass is 32.2. The number of piperidine rings is 1. The highest BCUT2D eigenvalue weighted by Gasteiger charge is 2.32. The minimum absolute atomic E-state index is 0.261. The first-order chi connectivity index (χ1) is 8.58. The van der Waals surface area contributed by atoms with Gasteiger partial charge in [-0.1, -0.05) is 13.8 Å². The van der Waals surface area contributed by atoms with Gasteiger partial charge in [-0.15, -0.1) is 0 Å². The molecule has 4 heteroatoms. The Morgan fingerprint density at radius 2 is 2.22 bits per heavy atom. The number of hydrogen-bond donors (Lipinski definition) is 1. The Hall–Kier alpha value is -0.220. The maximum Gasteiger partial charge on any atom is 0.225 e. The second-order valence-electron chi connectivity index (χ2n) is 6.01. The molecule has 3 nitrogen and oxygen atoms in total. The van der Waals surface area contributed by atoms with E-state index in [1.54, 1.807) is 0 Å². The van der Waals surface area contributed by atoms with Gasteiger partial charge in [0.1, 0.15) is 0 Å². The van der Waals surface area contributed by atoms with Crippen molar-refractivity contribution < 1.29 is 4.79 Å². The van der Waals surface area contributed by atoms with Gasteiger partial charge in [0.15, 0.2) is 0 Å². The molecule has 2 aliphatic rings. The van der Waals surface area contributed by atoms with Crippen molar-refractivity contribution in [3.8, 4) is 0 Å². The van der Waals surface area contributed by atoms with E-state index >= 15 is 0 Å². The number of thioether (sulfide) groups is 1. The van der Waals surface area contributed by atoms with E-state index in [0.717, 1.165) is 38.2 Å². The van der Waals surface area contributed by atoms with Crippen LogP contribution < -0.4 is 5.32 Å². The van der Waals surface area contributed by atoms with Crippen LogP contribution in [0.25, 0.3) is 0 Å². The Labute approximate surface area is 115 Å². The summed E-state index contributed by atoms with van der Waals surface area (Å²) in [5.74, 6) is 2.44. The number of amides is 1. The molecule has 0 aromatic heterocycles. The molecule has 0 spiro atoms. The summed E-state index contributed by atoms with van der Waals surface area (Å²) in [5.41, 5.74) is 0. The normalized spacial score (nSPS) is 33.8. The predicted molar refractivity (Wildman–Crippen MR) is 77.9 cm³/mol. The molecule has 2 fully saturated rings. The molecule has 0 aliphatic carbocycles. The maximum absolute atomic E-state index is 12.6. The van der Waals surface area contributed by atoms with Gasteiger partial charge in [0.2, 0.25) is 5.91 Å². The fourth-order valence-corrected chi connectivity index (χ4v) is 4.19. The van der Waals surface area contributed by atoms with Crippen molar-refractivity contribution in [2.75, 3.05) is 25.4 Å². The summed E-state index contributed by atoms with van der Waals surface area (Å²) in [6, 6.07) is 0.493. The van der Waals surface area contributed by atoms with Crippen molar-refractivity contribution in [3.63, 3.8) is 0 Å². The molecule has 2 rings (SSSR count). The molecule has 1 N–H and O–H groups in total. The van der Waals surface area contributed by atoms with Gasteiger partial charge < -0.3 is 10.2 Å². The second-order valence-corrected chi connectivity index (χ2v) is 7.36. The van der Waals surface area contributed by atoms with Crippen LogP contribution in [0.3, 0.4) is 0 Å². The van der Waals surface area contributed by atoms with Crippen molar-refractivity contribution in [1.82, 2.24) is 10.2 Å². The van der Waals surface area contributed by atoms with Crippen LogP contribution in [0.4, 0.5) is 0 Å². The lowest BCUT2D eigenvalue weighted by Crippen LogP contribution is -2.49. The van der Waals surface area contributed by atoms with E-state index < -0.39 is 0 Å². The summed E-state index contributed by atoms with van der Waals surface area (Å²) in [7, 11) is 0. The van der Waals surface area contributed by atoms with E-state index in [1.165, 1.54) is 0 Å². The van der Waals surface area contributed by atoms with Crippen LogP contribution in [0.5, 0.6) is 0 Å². The molecule has 0 saturated carbocycles. The van der Waals surface area contributed by atoms with E-state index in [4.69, 9.17) is 0 Å². The molecule has 0 radical (unpaired) electrons. The quantitative estimate of drug-likeness (QED) is 0.833. The molecule has 2 saturated heterocycles. The number of rotatable bonds is 2. The third-order valence-electron chi connectivity index (χ3n) is 4.12. The predicted octanol–water partition coefficient (Wildman–Crippen LogP) is 1.97. The Kier molecular flexibility index (Phi) is 4.96. The Morgan fingerprint density at radius 3 is 2.89 bits per heavy atom. The molecule has 104 valence electrons. The minimum Gasteiger partial charge on any atom is -0.341 e. The second kappa shape index (κ2) is 6.29. The molecule has 3 atom stereocenters. The van der Waals surface area contributed by atoms with E-state index in [1.807, 2.05) is 11.8 Å². The average molecular weight is 270 g/mol. The van der Waals surface area contributed by atoms with Gasteiger partial charge in [-0.25, -0.2) is 0 Å². The smallest absolute Gasteiger partial charge is 0.225 e. The number of carbonyl (C=O) groups excluding carboxylic acids is 1. The van der Waals surface area contributed by atoms with Crippen LogP contribution in [0, 0.1) is 11.8 Å². The van der Waals surface area contributed by atoms with Crippen LogP contribution in [-0.2, 0) is 4.79 Å². The molecule has 18 heavy (non-hydrogen) atoms. The van der Waals surface area contributed by atoms with Crippen molar-refractivity contribution in [1.29, 1.82) is 0 Å². The molecule has 2 heterocycles. The topological polar surface area (TPSA) is 32.3 Å². The fourth-order valence-electron chi connectivity index (χ4n) is 2.89. The van der Waals surface area contributed by atoms with Crippen molar-refractivity contribution in [2.24, 2.45) is 11.8 Å². The molecular weight excluding hydrogens is 244 g/mol. The highest BCUT2D eigenvalue weighted by Crippen LogP contribution is 2.27. The lowest BCUT2D eigenvalue weighted by molar-refractivity contribution is -0.136. The van der Waals surface area contributed by atoms with Gasteiger partial charge in [-0.3, -0.25) is 4.79 Å². The summed E-state index contributed by atoms with van der Waals surface area (Å²) in [6.45, 7) is 9.61. The third-order valence-corrected chi connectivity index (χ3v) is 5.66. The third kappa shape index (κ3) is 3.41. The minimum atomic E-state index is 0.261. The zero-order valence-corrected chi connectivity index (χ0v) is 12.6. The molecule has 0 bridgehead atoms. The van der Waals surface area contributed by atoms with Gasteiger partial charge in [0.05, 0.1) is 0 Å². The van der Waals surface area contributed by atoms with E-state index in [-0.39, 0.29) is 5.92 Å². The molecule has 2 aliphatic heterocycles. The van der Waals surface area contributed by atoms with Gasteiger partial charge in [-0.2, -0.15) is 11.8 Å². The maximum atomic E-state index is 12.6. The lowest BCUT2D eigenvalue weighted by Gasteiger charge is -2.38. The summed E-state index contributed by atoms with van der Waals surface area (Å²) < 4.78 is 0. The molecule has 1 amide bonds. The average Bonchev–Trinajstić information content (AvgIpc) is 2.38. The fraction of sp³-hybridized carbons (Fsp3) is 0.929. The van der Waals surface area contributed by atoms with Crippen molar-refractivity contribution in [2.45, 2.75) is 44.9 Å². The van der Waals surface area contributed by atoms with Crippen molar-refractivity contribution in [3.05, 3.63) is 0 Å². The first-order valence-corrected chi connectivity index (χ1v) is 8.26. The van der Waals surface area contributed by atoms with Crippen LogP contribution in [0.1, 0.15) is 33.6 Å². The Morgan fingerprint density at radius 1 is 1.44 bits per heavy atom.